The van der Waals surface area contributed by atoms with Gasteiger partial charge in [0.2, 0.25) is 0 Å². The van der Waals surface area contributed by atoms with E-state index >= 15 is 0 Å². The zero-order valence-electron chi connectivity index (χ0n) is 14.1. The van der Waals surface area contributed by atoms with Gasteiger partial charge in [0.1, 0.15) is 23.8 Å². The Balaban J connectivity index is 1.85. The zero-order valence-corrected chi connectivity index (χ0v) is 14.1. The third-order valence-corrected chi connectivity index (χ3v) is 4.37. The van der Waals surface area contributed by atoms with Gasteiger partial charge >= 0.3 is 0 Å². The Morgan fingerprint density at radius 2 is 2.04 bits per heavy atom. The average molecular weight is 345 g/mol. The number of carbonyl (C=O) groups is 1. The molecule has 0 radical (unpaired) electrons. The third kappa shape index (κ3) is 3.28. The van der Waals surface area contributed by atoms with Gasteiger partial charge in [-0.2, -0.15) is 0 Å². The standard InChI is InChI=1S/C18H20FN3O3/c1-10-16(25-2)7-13(17(20)21-10)11-3-5-12(6-4-11)18(24)22-8-14(19)15(23)9-22/h3-7,14-15,23H,8-9H2,1-2H3,(H2,20,21)/t14-,15-/m1/s1. The fourth-order valence-corrected chi connectivity index (χ4v) is 2.93. The van der Waals surface area contributed by atoms with Crippen molar-refractivity contribution < 1.29 is 19.0 Å². The highest BCUT2D eigenvalue weighted by molar-refractivity contribution is 5.95. The van der Waals surface area contributed by atoms with E-state index in [0.717, 1.165) is 5.56 Å². The van der Waals surface area contributed by atoms with Crippen LogP contribution in [0.5, 0.6) is 5.75 Å². The van der Waals surface area contributed by atoms with Crippen LogP contribution in [0.1, 0.15) is 16.1 Å². The second-order valence-electron chi connectivity index (χ2n) is 6.08. The van der Waals surface area contributed by atoms with Gasteiger partial charge in [0.15, 0.2) is 0 Å². The summed E-state index contributed by atoms with van der Waals surface area (Å²) in [6, 6.07) is 8.63. The zero-order chi connectivity index (χ0) is 18.1. The Labute approximate surface area is 145 Å². The number of aromatic nitrogens is 1. The molecule has 1 aliphatic heterocycles. The van der Waals surface area contributed by atoms with Crippen LogP contribution >= 0.6 is 0 Å². The number of halogens is 1. The first-order chi connectivity index (χ1) is 11.9. The number of likely N-dealkylation sites (tertiary alicyclic amines) is 1. The normalized spacial score (nSPS) is 19.9. The summed E-state index contributed by atoms with van der Waals surface area (Å²) in [4.78, 5) is 18.0. The van der Waals surface area contributed by atoms with Crippen molar-refractivity contribution in [3.8, 4) is 16.9 Å². The smallest absolute Gasteiger partial charge is 0.254 e. The Kier molecular flexibility index (Phi) is 4.59. The lowest BCUT2D eigenvalue weighted by Crippen LogP contribution is -2.29. The molecule has 1 amide bonds. The molecule has 2 heterocycles. The van der Waals surface area contributed by atoms with Crippen LogP contribution in [0.2, 0.25) is 0 Å². The van der Waals surface area contributed by atoms with Gasteiger partial charge in [0, 0.05) is 17.7 Å². The summed E-state index contributed by atoms with van der Waals surface area (Å²) >= 11 is 0. The van der Waals surface area contributed by atoms with Gasteiger partial charge in [-0.25, -0.2) is 9.37 Å². The molecule has 6 nitrogen and oxygen atoms in total. The maximum atomic E-state index is 13.4. The molecule has 1 aromatic carbocycles. The van der Waals surface area contributed by atoms with Crippen molar-refractivity contribution in [2.24, 2.45) is 0 Å². The van der Waals surface area contributed by atoms with Crippen LogP contribution in [0, 0.1) is 6.92 Å². The third-order valence-electron chi connectivity index (χ3n) is 4.37. The lowest BCUT2D eigenvalue weighted by atomic mass is 10.0. The van der Waals surface area contributed by atoms with Crippen molar-refractivity contribution in [3.63, 3.8) is 0 Å². The predicted molar refractivity (Wildman–Crippen MR) is 92.2 cm³/mol. The van der Waals surface area contributed by atoms with Crippen LogP contribution in [-0.2, 0) is 0 Å². The van der Waals surface area contributed by atoms with E-state index in [9.17, 15) is 14.3 Å². The molecule has 2 aromatic rings. The summed E-state index contributed by atoms with van der Waals surface area (Å²) in [7, 11) is 1.56. The highest BCUT2D eigenvalue weighted by atomic mass is 19.1. The number of nitrogens with zero attached hydrogens (tertiary/aromatic N) is 2. The summed E-state index contributed by atoms with van der Waals surface area (Å²) in [5.74, 6) is 0.697. The number of ether oxygens (including phenoxy) is 1. The molecule has 132 valence electrons. The fourth-order valence-electron chi connectivity index (χ4n) is 2.93. The molecule has 2 atom stereocenters. The van der Waals surface area contributed by atoms with E-state index in [1.807, 2.05) is 6.92 Å². The van der Waals surface area contributed by atoms with Crippen molar-refractivity contribution in [2.45, 2.75) is 19.2 Å². The molecule has 1 saturated heterocycles. The molecule has 1 aromatic heterocycles. The molecule has 0 aliphatic carbocycles. The number of aryl methyl sites for hydroxylation is 1. The van der Waals surface area contributed by atoms with Crippen molar-refractivity contribution >= 4 is 11.7 Å². The van der Waals surface area contributed by atoms with E-state index in [-0.39, 0.29) is 19.0 Å². The number of nitrogens with two attached hydrogens (primary N) is 1. The molecule has 1 fully saturated rings. The molecule has 0 unspecified atom stereocenters. The molecule has 0 bridgehead atoms. The quantitative estimate of drug-likeness (QED) is 0.886. The predicted octanol–water partition coefficient (Wildman–Crippen LogP) is 1.80. The number of benzene rings is 1. The lowest BCUT2D eigenvalue weighted by molar-refractivity contribution is 0.0764. The van der Waals surface area contributed by atoms with E-state index < -0.39 is 12.3 Å². The lowest BCUT2D eigenvalue weighted by Gasteiger charge is -2.15. The van der Waals surface area contributed by atoms with Gasteiger partial charge in [-0.15, -0.1) is 0 Å². The van der Waals surface area contributed by atoms with Gasteiger partial charge in [0.25, 0.3) is 5.91 Å². The van der Waals surface area contributed by atoms with Gasteiger partial charge in [-0.1, -0.05) is 12.1 Å². The van der Waals surface area contributed by atoms with Crippen LogP contribution < -0.4 is 10.5 Å². The SMILES string of the molecule is COc1cc(-c2ccc(C(=O)N3C[C@@H](O)[C@H](F)C3)cc2)c(N)nc1C. The number of aliphatic hydroxyl groups is 1. The molecule has 0 spiro atoms. The molecule has 7 heteroatoms. The number of β-amino-alcohol motifs (C(OH)–C–C–N with tert-alkyl or cyclic N) is 1. The minimum atomic E-state index is -1.39. The number of nitrogen functional groups attached to an aromatic ring is 1. The molecule has 3 N–H and O–H groups in total. The van der Waals surface area contributed by atoms with Crippen molar-refractivity contribution in [1.29, 1.82) is 0 Å². The number of amides is 1. The summed E-state index contributed by atoms with van der Waals surface area (Å²) < 4.78 is 18.7. The number of rotatable bonds is 3. The van der Waals surface area contributed by atoms with Crippen LogP contribution in [0.3, 0.4) is 0 Å². The van der Waals surface area contributed by atoms with Crippen LogP contribution in [-0.4, -0.2) is 53.4 Å². The number of aliphatic hydroxyl groups excluding tert-OH is 1. The summed E-state index contributed by atoms with van der Waals surface area (Å²) in [5, 5.41) is 9.46. The van der Waals surface area contributed by atoms with Crippen molar-refractivity contribution in [3.05, 3.63) is 41.6 Å². The minimum absolute atomic E-state index is 0.00772. The first-order valence-electron chi connectivity index (χ1n) is 7.93. The maximum Gasteiger partial charge on any atom is 0.254 e. The summed E-state index contributed by atoms with van der Waals surface area (Å²) in [6.07, 6.45) is -2.51. The number of anilines is 1. The van der Waals surface area contributed by atoms with Crippen molar-refractivity contribution in [2.75, 3.05) is 25.9 Å². The number of carbonyl (C=O) groups excluding carboxylic acids is 1. The molecular weight excluding hydrogens is 325 g/mol. The molecule has 25 heavy (non-hydrogen) atoms. The average Bonchev–Trinajstić information content (AvgIpc) is 2.94. The van der Waals surface area contributed by atoms with E-state index in [2.05, 4.69) is 4.98 Å². The number of hydrogen-bond donors (Lipinski definition) is 2. The van der Waals surface area contributed by atoms with E-state index in [4.69, 9.17) is 10.5 Å². The Morgan fingerprint density at radius 1 is 1.36 bits per heavy atom. The fraction of sp³-hybridized carbons (Fsp3) is 0.333. The first kappa shape index (κ1) is 17.2. The number of alkyl halides is 1. The summed E-state index contributed by atoms with van der Waals surface area (Å²) in [5.41, 5.74) is 8.62. The van der Waals surface area contributed by atoms with Crippen LogP contribution in [0.25, 0.3) is 11.1 Å². The first-order valence-corrected chi connectivity index (χ1v) is 7.93. The topological polar surface area (TPSA) is 88.7 Å². The maximum absolute atomic E-state index is 13.4. The molecule has 0 saturated carbocycles. The highest BCUT2D eigenvalue weighted by Crippen LogP contribution is 2.30. The van der Waals surface area contributed by atoms with E-state index in [0.29, 0.717) is 28.4 Å². The molecular formula is C18H20FN3O3. The van der Waals surface area contributed by atoms with Crippen molar-refractivity contribution in [1.82, 2.24) is 9.88 Å². The number of methoxy groups -OCH3 is 1. The Hall–Kier alpha value is -2.67. The largest absolute Gasteiger partial charge is 0.495 e. The second-order valence-corrected chi connectivity index (χ2v) is 6.08. The second kappa shape index (κ2) is 6.68. The van der Waals surface area contributed by atoms with Crippen LogP contribution in [0.4, 0.5) is 10.2 Å². The monoisotopic (exact) mass is 345 g/mol. The molecule has 1 aliphatic rings. The van der Waals surface area contributed by atoms with Gasteiger partial charge < -0.3 is 20.5 Å². The number of hydrogen-bond acceptors (Lipinski definition) is 5. The number of pyridine rings is 1. The Morgan fingerprint density at radius 3 is 2.60 bits per heavy atom. The van der Waals surface area contributed by atoms with E-state index in [1.165, 1.54) is 4.90 Å². The Bertz CT molecular complexity index is 785. The molecule has 3 rings (SSSR count). The minimum Gasteiger partial charge on any atom is -0.495 e. The highest BCUT2D eigenvalue weighted by Gasteiger charge is 2.34. The van der Waals surface area contributed by atoms with E-state index in [1.54, 1.807) is 37.4 Å². The van der Waals surface area contributed by atoms with Gasteiger partial charge in [0.05, 0.1) is 19.3 Å². The summed E-state index contributed by atoms with van der Waals surface area (Å²) in [6.45, 7) is 1.73. The van der Waals surface area contributed by atoms with Gasteiger partial charge in [-0.3, -0.25) is 4.79 Å². The van der Waals surface area contributed by atoms with Gasteiger partial charge in [-0.05, 0) is 30.7 Å². The van der Waals surface area contributed by atoms with Crippen LogP contribution in [0.15, 0.2) is 30.3 Å².